The quantitative estimate of drug-likeness (QED) is 0.522. The predicted octanol–water partition coefficient (Wildman–Crippen LogP) is 3.52. The van der Waals surface area contributed by atoms with Crippen molar-refractivity contribution in [1.82, 2.24) is 0 Å². The van der Waals surface area contributed by atoms with Gasteiger partial charge in [-0.3, -0.25) is 0 Å². The summed E-state index contributed by atoms with van der Waals surface area (Å²) in [5, 5.41) is 2.35. The third kappa shape index (κ3) is 1.63. The first-order valence-electron chi connectivity index (χ1n) is 3.56. The first-order valence-corrected chi connectivity index (χ1v) is 4.76. The minimum absolute atomic E-state index is 0.660. The van der Waals surface area contributed by atoms with Crippen LogP contribution in [0.4, 0.5) is 5.00 Å². The summed E-state index contributed by atoms with van der Waals surface area (Å²) in [7, 11) is 0. The molecule has 13 heavy (non-hydrogen) atoms. The molecule has 0 radical (unpaired) electrons. The normalized spacial score (nSPS) is 9.92. The summed E-state index contributed by atoms with van der Waals surface area (Å²) in [5.41, 5.74) is 0. The van der Waals surface area contributed by atoms with Gasteiger partial charge in [0.25, 0.3) is 0 Å². The summed E-state index contributed by atoms with van der Waals surface area (Å²) in [6, 6.07) is 7.38. The maximum Gasteiger partial charge on any atom is 0.241 e. The van der Waals surface area contributed by atoms with E-state index in [1.807, 2.05) is 24.3 Å². The van der Waals surface area contributed by atoms with Crippen LogP contribution in [-0.2, 0) is 4.79 Å². The van der Waals surface area contributed by atoms with E-state index in [0.29, 0.717) is 10.0 Å². The van der Waals surface area contributed by atoms with Crippen molar-refractivity contribution in [2.75, 3.05) is 0 Å². The molecule has 0 saturated heterocycles. The molecular formula is C9H4ClNOS. The predicted molar refractivity (Wildman–Crippen MR) is 54.6 cm³/mol. The van der Waals surface area contributed by atoms with E-state index >= 15 is 0 Å². The topological polar surface area (TPSA) is 29.4 Å². The molecule has 0 amide bonds. The number of hydrogen-bond acceptors (Lipinski definition) is 3. The highest BCUT2D eigenvalue weighted by molar-refractivity contribution is 7.22. The molecule has 0 aliphatic carbocycles. The second-order valence-corrected chi connectivity index (χ2v) is 3.97. The SMILES string of the molecule is O=C=Nc1cc2cc(Cl)ccc2s1. The Balaban J connectivity index is 2.68. The maximum absolute atomic E-state index is 10.0. The molecule has 0 saturated carbocycles. The number of hydrogen-bond donors (Lipinski definition) is 0. The number of thiophene rings is 1. The highest BCUT2D eigenvalue weighted by Crippen LogP contribution is 2.32. The van der Waals surface area contributed by atoms with Gasteiger partial charge < -0.3 is 0 Å². The Bertz CT molecular complexity index is 499. The molecule has 2 rings (SSSR count). The highest BCUT2D eigenvalue weighted by atomic mass is 35.5. The summed E-state index contributed by atoms with van der Waals surface area (Å²) in [6.07, 6.45) is 1.51. The van der Waals surface area contributed by atoms with Gasteiger partial charge in [-0.2, -0.15) is 4.99 Å². The zero-order valence-corrected chi connectivity index (χ0v) is 8.02. The molecule has 1 aromatic carbocycles. The lowest BCUT2D eigenvalue weighted by atomic mass is 10.3. The van der Waals surface area contributed by atoms with E-state index < -0.39 is 0 Å². The summed E-state index contributed by atoms with van der Waals surface area (Å²) in [4.78, 5) is 13.6. The van der Waals surface area contributed by atoms with Crippen molar-refractivity contribution >= 4 is 44.1 Å². The minimum atomic E-state index is 0.660. The van der Waals surface area contributed by atoms with Gasteiger partial charge in [0, 0.05) is 9.72 Å². The van der Waals surface area contributed by atoms with Crippen LogP contribution in [0.2, 0.25) is 5.02 Å². The lowest BCUT2D eigenvalue weighted by Crippen LogP contribution is -1.61. The number of aliphatic imine (C=N–C) groups is 1. The molecule has 64 valence electrons. The molecule has 1 aromatic heterocycles. The highest BCUT2D eigenvalue weighted by Gasteiger charge is 2.00. The van der Waals surface area contributed by atoms with E-state index in [2.05, 4.69) is 4.99 Å². The molecular weight excluding hydrogens is 206 g/mol. The van der Waals surface area contributed by atoms with Crippen LogP contribution in [-0.4, -0.2) is 6.08 Å². The van der Waals surface area contributed by atoms with Gasteiger partial charge in [-0.05, 0) is 29.7 Å². The number of fused-ring (bicyclic) bond motifs is 1. The van der Waals surface area contributed by atoms with Crippen LogP contribution < -0.4 is 0 Å². The smallest absolute Gasteiger partial charge is 0.211 e. The second kappa shape index (κ2) is 3.30. The van der Waals surface area contributed by atoms with Crippen molar-refractivity contribution in [2.45, 2.75) is 0 Å². The molecule has 0 spiro atoms. The maximum atomic E-state index is 10.0. The van der Waals surface area contributed by atoms with Crippen LogP contribution >= 0.6 is 22.9 Å². The Kier molecular flexibility index (Phi) is 2.15. The molecule has 0 unspecified atom stereocenters. The van der Waals surface area contributed by atoms with Gasteiger partial charge in [-0.15, -0.1) is 11.3 Å². The Hall–Kier alpha value is -1.15. The summed E-state index contributed by atoms with van der Waals surface area (Å²) in [5.74, 6) is 0. The molecule has 4 heteroatoms. The lowest BCUT2D eigenvalue weighted by molar-refractivity contribution is 0.565. The number of carbonyl (C=O) groups excluding carboxylic acids is 1. The molecule has 2 nitrogen and oxygen atoms in total. The molecule has 1 heterocycles. The molecule has 0 N–H and O–H groups in total. The Morgan fingerprint density at radius 2 is 2.23 bits per heavy atom. The van der Waals surface area contributed by atoms with Gasteiger partial charge >= 0.3 is 0 Å². The summed E-state index contributed by atoms with van der Waals surface area (Å²) < 4.78 is 1.07. The van der Waals surface area contributed by atoms with E-state index in [-0.39, 0.29) is 0 Å². The van der Waals surface area contributed by atoms with Crippen LogP contribution in [0.25, 0.3) is 10.1 Å². The second-order valence-electron chi connectivity index (χ2n) is 2.47. The fourth-order valence-corrected chi connectivity index (χ4v) is 2.15. The van der Waals surface area contributed by atoms with Crippen LogP contribution in [0.1, 0.15) is 0 Å². The summed E-state index contributed by atoms with van der Waals surface area (Å²) >= 11 is 7.24. The van der Waals surface area contributed by atoms with Crippen molar-refractivity contribution < 1.29 is 4.79 Å². The number of halogens is 1. The molecule has 0 aliphatic heterocycles. The zero-order chi connectivity index (χ0) is 9.26. The van der Waals surface area contributed by atoms with Crippen molar-refractivity contribution in [3.8, 4) is 0 Å². The Labute approximate surface area is 83.5 Å². The van der Waals surface area contributed by atoms with Gasteiger partial charge in [0.2, 0.25) is 6.08 Å². The van der Waals surface area contributed by atoms with Crippen LogP contribution in [0.5, 0.6) is 0 Å². The fourth-order valence-electron chi connectivity index (χ4n) is 1.10. The monoisotopic (exact) mass is 209 g/mol. The van der Waals surface area contributed by atoms with Gasteiger partial charge in [0.15, 0.2) is 0 Å². The van der Waals surface area contributed by atoms with Crippen LogP contribution in [0.15, 0.2) is 29.3 Å². The summed E-state index contributed by atoms with van der Waals surface area (Å²) in [6.45, 7) is 0. The van der Waals surface area contributed by atoms with Crippen molar-refractivity contribution in [2.24, 2.45) is 4.99 Å². The van der Waals surface area contributed by atoms with E-state index in [4.69, 9.17) is 11.6 Å². The lowest BCUT2D eigenvalue weighted by Gasteiger charge is -1.87. The first kappa shape index (κ1) is 8.45. The van der Waals surface area contributed by atoms with Crippen LogP contribution in [0.3, 0.4) is 0 Å². The number of rotatable bonds is 1. The third-order valence-corrected chi connectivity index (χ3v) is 2.87. The standard InChI is InChI=1S/C9H4ClNOS/c10-7-1-2-8-6(3-7)4-9(13-8)11-5-12/h1-4H. The fraction of sp³-hybridized carbons (Fsp3) is 0. The third-order valence-electron chi connectivity index (χ3n) is 1.62. The van der Waals surface area contributed by atoms with Crippen molar-refractivity contribution in [3.63, 3.8) is 0 Å². The van der Waals surface area contributed by atoms with E-state index in [9.17, 15) is 4.79 Å². The van der Waals surface area contributed by atoms with E-state index in [0.717, 1.165) is 10.1 Å². The molecule has 0 aliphatic rings. The van der Waals surface area contributed by atoms with Gasteiger partial charge in [0.1, 0.15) is 5.00 Å². The van der Waals surface area contributed by atoms with Crippen LogP contribution in [0, 0.1) is 0 Å². The molecule has 0 fully saturated rings. The Morgan fingerprint density at radius 3 is 3.00 bits per heavy atom. The average Bonchev–Trinajstić information content (AvgIpc) is 2.46. The van der Waals surface area contributed by atoms with Gasteiger partial charge in [-0.1, -0.05) is 11.6 Å². The molecule has 2 aromatic rings. The average molecular weight is 210 g/mol. The number of nitrogens with zero attached hydrogens (tertiary/aromatic N) is 1. The van der Waals surface area contributed by atoms with Gasteiger partial charge in [0.05, 0.1) is 0 Å². The number of benzene rings is 1. The largest absolute Gasteiger partial charge is 0.241 e. The Morgan fingerprint density at radius 1 is 1.38 bits per heavy atom. The molecule has 0 atom stereocenters. The van der Waals surface area contributed by atoms with E-state index in [1.165, 1.54) is 17.4 Å². The zero-order valence-electron chi connectivity index (χ0n) is 6.45. The van der Waals surface area contributed by atoms with Gasteiger partial charge in [-0.25, -0.2) is 4.79 Å². The number of isocyanates is 1. The first-order chi connectivity index (χ1) is 6.29. The van der Waals surface area contributed by atoms with Crippen molar-refractivity contribution in [1.29, 1.82) is 0 Å². The van der Waals surface area contributed by atoms with E-state index in [1.54, 1.807) is 0 Å². The van der Waals surface area contributed by atoms with Crippen molar-refractivity contribution in [3.05, 3.63) is 29.3 Å². The molecule has 0 bridgehead atoms. The minimum Gasteiger partial charge on any atom is -0.211 e.